The molecular weight excluding hydrogens is 360 g/mol. The van der Waals surface area contributed by atoms with Crippen LogP contribution in [0.2, 0.25) is 5.02 Å². The Bertz CT molecular complexity index is 896. The molecule has 0 saturated carbocycles. The number of hydrogen-bond donors (Lipinski definition) is 1. The Morgan fingerprint density at radius 3 is 2.67 bits per heavy atom. The molecule has 0 spiro atoms. The minimum Gasteiger partial charge on any atom is -0.352 e. The lowest BCUT2D eigenvalue weighted by atomic mass is 10.2. The highest BCUT2D eigenvalue weighted by Crippen LogP contribution is 2.14. The topological polar surface area (TPSA) is 50.4 Å². The van der Waals surface area contributed by atoms with E-state index in [0.29, 0.717) is 6.54 Å². The van der Waals surface area contributed by atoms with Crippen LogP contribution in [-0.4, -0.2) is 39.3 Å². The average Bonchev–Trinajstić information content (AvgIpc) is 3.22. The molecule has 0 aliphatic heterocycles. The van der Waals surface area contributed by atoms with Crippen molar-refractivity contribution < 1.29 is 0 Å². The summed E-state index contributed by atoms with van der Waals surface area (Å²) in [6.07, 6.45) is 5.85. The van der Waals surface area contributed by atoms with E-state index in [0.717, 1.165) is 35.3 Å². The van der Waals surface area contributed by atoms with Gasteiger partial charge in [-0.05, 0) is 11.6 Å². The van der Waals surface area contributed by atoms with Gasteiger partial charge in [-0.25, -0.2) is 0 Å². The largest absolute Gasteiger partial charge is 0.352 e. The summed E-state index contributed by atoms with van der Waals surface area (Å²) in [4.78, 5) is 6.44. The van der Waals surface area contributed by atoms with Crippen LogP contribution in [0, 0.1) is 0 Å². The van der Waals surface area contributed by atoms with Crippen molar-refractivity contribution in [1.82, 2.24) is 24.6 Å². The van der Waals surface area contributed by atoms with E-state index in [1.807, 2.05) is 60.0 Å². The lowest BCUT2D eigenvalue weighted by Crippen LogP contribution is -2.38. The SMILES string of the molecule is CN=C(NCc1cnn(Cc2ccccc2)c1)N(C)Cc1cc(Cl)cn1C. The normalized spacial score (nSPS) is 11.6. The van der Waals surface area contributed by atoms with E-state index in [1.54, 1.807) is 7.05 Å². The number of hydrogen-bond acceptors (Lipinski definition) is 2. The second-order valence-corrected chi connectivity index (χ2v) is 6.99. The molecule has 6 nitrogen and oxygen atoms in total. The highest BCUT2D eigenvalue weighted by Gasteiger charge is 2.10. The zero-order chi connectivity index (χ0) is 19.2. The van der Waals surface area contributed by atoms with Crippen LogP contribution in [-0.2, 0) is 26.7 Å². The number of nitrogens with one attached hydrogen (secondary N) is 1. The molecule has 0 aliphatic carbocycles. The zero-order valence-electron chi connectivity index (χ0n) is 15.9. The Labute approximate surface area is 165 Å². The molecule has 1 N–H and O–H groups in total. The van der Waals surface area contributed by atoms with Crippen molar-refractivity contribution >= 4 is 17.6 Å². The van der Waals surface area contributed by atoms with Gasteiger partial charge in [0.05, 0.1) is 24.3 Å². The zero-order valence-corrected chi connectivity index (χ0v) is 16.7. The summed E-state index contributed by atoms with van der Waals surface area (Å²) in [6, 6.07) is 12.3. The number of nitrogens with zero attached hydrogens (tertiary/aromatic N) is 5. The summed E-state index contributed by atoms with van der Waals surface area (Å²) in [6.45, 7) is 2.15. The smallest absolute Gasteiger partial charge is 0.194 e. The number of halogens is 1. The van der Waals surface area contributed by atoms with Crippen LogP contribution in [0.15, 0.2) is 60.0 Å². The highest BCUT2D eigenvalue weighted by atomic mass is 35.5. The fourth-order valence-electron chi connectivity index (χ4n) is 2.96. The van der Waals surface area contributed by atoms with Gasteiger partial charge in [0.2, 0.25) is 0 Å². The molecule has 1 aromatic carbocycles. The molecule has 0 atom stereocenters. The van der Waals surface area contributed by atoms with E-state index >= 15 is 0 Å². The molecule has 0 aliphatic rings. The van der Waals surface area contributed by atoms with E-state index in [-0.39, 0.29) is 0 Å². The Kier molecular flexibility index (Phi) is 6.19. The number of rotatable bonds is 6. The van der Waals surface area contributed by atoms with Crippen molar-refractivity contribution in [2.45, 2.75) is 19.6 Å². The van der Waals surface area contributed by atoms with Crippen molar-refractivity contribution in [3.63, 3.8) is 0 Å². The van der Waals surface area contributed by atoms with Crippen molar-refractivity contribution in [2.75, 3.05) is 14.1 Å². The molecule has 2 heterocycles. The third-order valence-electron chi connectivity index (χ3n) is 4.37. The summed E-state index contributed by atoms with van der Waals surface area (Å²) in [5.41, 5.74) is 3.47. The maximum Gasteiger partial charge on any atom is 0.194 e. The second-order valence-electron chi connectivity index (χ2n) is 6.55. The maximum atomic E-state index is 6.07. The van der Waals surface area contributed by atoms with Gasteiger partial charge in [-0.3, -0.25) is 9.67 Å². The Balaban J connectivity index is 1.55. The van der Waals surface area contributed by atoms with Crippen LogP contribution in [0.3, 0.4) is 0 Å². The van der Waals surface area contributed by atoms with E-state index in [4.69, 9.17) is 11.6 Å². The minimum absolute atomic E-state index is 0.666. The Morgan fingerprint density at radius 1 is 1.22 bits per heavy atom. The molecule has 27 heavy (non-hydrogen) atoms. The fourth-order valence-corrected chi connectivity index (χ4v) is 3.23. The van der Waals surface area contributed by atoms with Crippen LogP contribution >= 0.6 is 11.6 Å². The molecule has 142 valence electrons. The lowest BCUT2D eigenvalue weighted by Gasteiger charge is -2.22. The molecule has 3 aromatic rings. The first-order valence-corrected chi connectivity index (χ1v) is 9.20. The van der Waals surface area contributed by atoms with Gasteiger partial charge < -0.3 is 14.8 Å². The summed E-state index contributed by atoms with van der Waals surface area (Å²) < 4.78 is 3.98. The van der Waals surface area contributed by atoms with E-state index < -0.39 is 0 Å². The second kappa shape index (κ2) is 8.77. The predicted octanol–water partition coefficient (Wildman–Crippen LogP) is 3.13. The molecule has 0 saturated heterocycles. The van der Waals surface area contributed by atoms with Crippen LogP contribution in [0.1, 0.15) is 16.8 Å². The van der Waals surface area contributed by atoms with Crippen molar-refractivity contribution in [1.29, 1.82) is 0 Å². The molecule has 0 radical (unpaired) electrons. The van der Waals surface area contributed by atoms with Crippen LogP contribution in [0.25, 0.3) is 0 Å². The fraction of sp³-hybridized carbons (Fsp3) is 0.300. The quantitative estimate of drug-likeness (QED) is 0.524. The van der Waals surface area contributed by atoms with Crippen LogP contribution in [0.4, 0.5) is 0 Å². The lowest BCUT2D eigenvalue weighted by molar-refractivity contribution is 0.461. The van der Waals surface area contributed by atoms with Gasteiger partial charge in [0, 0.05) is 51.3 Å². The van der Waals surface area contributed by atoms with Gasteiger partial charge in [-0.15, -0.1) is 0 Å². The molecule has 2 aromatic heterocycles. The van der Waals surface area contributed by atoms with Gasteiger partial charge in [-0.2, -0.15) is 5.10 Å². The number of aryl methyl sites for hydroxylation is 1. The van der Waals surface area contributed by atoms with Crippen LogP contribution in [0.5, 0.6) is 0 Å². The predicted molar refractivity (Wildman–Crippen MR) is 110 cm³/mol. The molecular formula is C20H25ClN6. The number of guanidine groups is 1. The number of aromatic nitrogens is 3. The average molecular weight is 385 g/mol. The van der Waals surface area contributed by atoms with E-state index in [9.17, 15) is 0 Å². The van der Waals surface area contributed by atoms with Crippen molar-refractivity contribution in [2.24, 2.45) is 12.0 Å². The highest BCUT2D eigenvalue weighted by molar-refractivity contribution is 6.30. The van der Waals surface area contributed by atoms with Gasteiger partial charge in [0.1, 0.15) is 0 Å². The molecule has 0 unspecified atom stereocenters. The molecule has 3 rings (SSSR count). The van der Waals surface area contributed by atoms with Crippen molar-refractivity contribution in [3.05, 3.63) is 76.8 Å². The van der Waals surface area contributed by atoms with Gasteiger partial charge in [0.15, 0.2) is 5.96 Å². The Hall–Kier alpha value is -2.73. The maximum absolute atomic E-state index is 6.07. The molecule has 7 heteroatoms. The summed E-state index contributed by atoms with van der Waals surface area (Å²) in [5.74, 6) is 0.822. The third-order valence-corrected chi connectivity index (χ3v) is 4.58. The molecule has 0 amide bonds. The minimum atomic E-state index is 0.666. The monoisotopic (exact) mass is 384 g/mol. The van der Waals surface area contributed by atoms with Gasteiger partial charge >= 0.3 is 0 Å². The summed E-state index contributed by atoms with van der Waals surface area (Å²) in [5, 5.41) is 8.58. The van der Waals surface area contributed by atoms with Gasteiger partial charge in [-0.1, -0.05) is 41.9 Å². The first kappa shape index (κ1) is 19.0. The van der Waals surface area contributed by atoms with Crippen LogP contribution < -0.4 is 5.32 Å². The van der Waals surface area contributed by atoms with E-state index in [2.05, 4.69) is 38.6 Å². The summed E-state index contributed by atoms with van der Waals surface area (Å²) in [7, 11) is 5.79. The standard InChI is InChI=1S/C20H25ClN6/c1-22-20(26(3)15-19-9-18(21)14-25(19)2)23-10-17-11-24-27(13-17)12-16-7-5-4-6-8-16/h4-9,11,13-14H,10,12,15H2,1-3H3,(H,22,23). The number of aliphatic imine (C=N–C) groups is 1. The Morgan fingerprint density at radius 2 is 2.00 bits per heavy atom. The van der Waals surface area contributed by atoms with Crippen molar-refractivity contribution in [3.8, 4) is 0 Å². The first-order valence-electron chi connectivity index (χ1n) is 8.83. The molecule has 0 bridgehead atoms. The summed E-state index contributed by atoms with van der Waals surface area (Å²) >= 11 is 6.07. The number of benzene rings is 1. The molecule has 0 fully saturated rings. The third kappa shape index (κ3) is 5.14. The first-order chi connectivity index (χ1) is 13.0. The van der Waals surface area contributed by atoms with E-state index in [1.165, 1.54) is 5.56 Å². The van der Waals surface area contributed by atoms with Gasteiger partial charge in [0.25, 0.3) is 0 Å².